The number of aromatic nitrogens is 5. The third kappa shape index (κ3) is 8.99. The van der Waals surface area contributed by atoms with E-state index in [1.807, 2.05) is 45.9 Å². The van der Waals surface area contributed by atoms with Crippen LogP contribution in [0, 0.1) is 12.8 Å². The lowest BCUT2D eigenvalue weighted by Gasteiger charge is -2.38. The number of rotatable bonds is 10. The van der Waals surface area contributed by atoms with Gasteiger partial charge in [0.25, 0.3) is 0 Å². The van der Waals surface area contributed by atoms with E-state index in [1.54, 1.807) is 11.4 Å². The summed E-state index contributed by atoms with van der Waals surface area (Å²) in [6, 6.07) is 23.2. The lowest BCUT2D eigenvalue weighted by Crippen LogP contribution is -2.52. The summed E-state index contributed by atoms with van der Waals surface area (Å²) in [5, 5.41) is 12.0. The Kier molecular flexibility index (Phi) is 11.4. The fourth-order valence-corrected chi connectivity index (χ4v) is 9.79. The van der Waals surface area contributed by atoms with Crippen molar-refractivity contribution in [2.24, 2.45) is 5.92 Å². The number of H-pyrrole nitrogens is 1. The van der Waals surface area contributed by atoms with Crippen LogP contribution < -0.4 is 20.4 Å². The number of hydroxylamine groups is 2. The maximum Gasteiger partial charge on any atom is 0.315 e. The number of fused-ring (bicyclic) bond motifs is 2. The molecular formula is C50H56N10O5. The summed E-state index contributed by atoms with van der Waals surface area (Å²) in [6.07, 6.45) is 7.09. The van der Waals surface area contributed by atoms with Gasteiger partial charge in [-0.05, 0) is 117 Å². The van der Waals surface area contributed by atoms with Gasteiger partial charge in [0, 0.05) is 65.9 Å². The molecule has 336 valence electrons. The molecule has 3 amide bonds. The van der Waals surface area contributed by atoms with Gasteiger partial charge in [0.15, 0.2) is 11.6 Å². The summed E-state index contributed by atoms with van der Waals surface area (Å²) < 4.78 is 5.21. The highest BCUT2D eigenvalue weighted by atomic mass is 16.7. The summed E-state index contributed by atoms with van der Waals surface area (Å²) in [5.74, 6) is 1.60. The van der Waals surface area contributed by atoms with Crippen LogP contribution in [-0.2, 0) is 28.1 Å². The van der Waals surface area contributed by atoms with E-state index < -0.39 is 11.9 Å². The second kappa shape index (κ2) is 17.5. The molecule has 4 aliphatic heterocycles. The number of anilines is 1. The number of carbonyl (C=O) groups is 3. The number of nitrogens with one attached hydrogen (secondary N) is 3. The van der Waals surface area contributed by atoms with E-state index in [-0.39, 0.29) is 23.1 Å². The van der Waals surface area contributed by atoms with Gasteiger partial charge in [0.2, 0.25) is 11.8 Å². The minimum Gasteiger partial charge on any atom is -0.405 e. The molecule has 0 aliphatic carbocycles. The molecule has 0 spiro atoms. The Morgan fingerprint density at radius 1 is 0.892 bits per heavy atom. The predicted molar refractivity (Wildman–Crippen MR) is 246 cm³/mol. The first kappa shape index (κ1) is 42.5. The lowest BCUT2D eigenvalue weighted by atomic mass is 9.87. The fraction of sp³-hybridized carbons (Fsp3) is 0.420. The molecule has 7 heterocycles. The maximum absolute atomic E-state index is 12.8. The molecule has 3 saturated heterocycles. The standard InChI is InChI=1S/C50H56N10O5/c1-30-23-35(9-10-36(30)26-51-47(63)48-56-49(57-64-48)50(2,3)4)44-39-25-40(54-45(39)53-29-52-44)34-7-5-32(6-8-34)33-17-19-58(20-18-33)27-31-15-21-59(22-16-31)38-11-13-42-37(24-38)28-60(65-42)41-12-14-43(61)55-46(41)62/h5-11,13,23-25,29,31,33,41H,12,14-22,26-28H2,1-4H3,(H,51,63)(H,52,53,54)(H,55,61,62). The number of aryl methyl sites for hydroxylation is 1. The number of hydrogen-bond acceptors (Lipinski definition) is 12. The third-order valence-corrected chi connectivity index (χ3v) is 13.7. The summed E-state index contributed by atoms with van der Waals surface area (Å²) in [7, 11) is 0. The molecule has 3 aromatic heterocycles. The van der Waals surface area contributed by atoms with Gasteiger partial charge in [-0.3, -0.25) is 19.7 Å². The van der Waals surface area contributed by atoms with Crippen molar-refractivity contribution >= 4 is 34.4 Å². The molecular weight excluding hydrogens is 821 g/mol. The van der Waals surface area contributed by atoms with E-state index in [0.29, 0.717) is 43.6 Å². The smallest absolute Gasteiger partial charge is 0.315 e. The summed E-state index contributed by atoms with van der Waals surface area (Å²) in [6.45, 7) is 14.3. The molecule has 3 fully saturated rings. The zero-order valence-corrected chi connectivity index (χ0v) is 37.5. The molecule has 0 radical (unpaired) electrons. The molecule has 0 saturated carbocycles. The highest BCUT2D eigenvalue weighted by Gasteiger charge is 2.37. The summed E-state index contributed by atoms with van der Waals surface area (Å²) >= 11 is 0. The number of likely N-dealkylation sites (tertiary alicyclic amines) is 1. The minimum absolute atomic E-state index is 0.0407. The lowest BCUT2D eigenvalue weighted by molar-refractivity contribution is -0.151. The zero-order chi connectivity index (χ0) is 44.8. The van der Waals surface area contributed by atoms with E-state index in [9.17, 15) is 14.4 Å². The van der Waals surface area contributed by atoms with E-state index in [4.69, 9.17) is 14.3 Å². The Bertz CT molecular complexity index is 2740. The Labute approximate surface area is 378 Å². The number of piperidine rings is 3. The SMILES string of the molecule is Cc1cc(-c2ncnc3[nH]c(-c4ccc(C5CCN(CC6CCN(c7ccc8c(c7)CN(C7CCC(=O)NC7=O)O8)CC6)CC5)cc4)cc23)ccc1CNC(=O)c1nc(C(C)(C)C)no1. The number of aromatic amines is 1. The van der Waals surface area contributed by atoms with Gasteiger partial charge >= 0.3 is 11.8 Å². The molecule has 1 unspecified atom stereocenters. The highest BCUT2D eigenvalue weighted by Crippen LogP contribution is 2.37. The molecule has 15 nitrogen and oxygen atoms in total. The van der Waals surface area contributed by atoms with Crippen LogP contribution in [0.1, 0.15) is 104 Å². The van der Waals surface area contributed by atoms with Gasteiger partial charge in [-0.15, -0.1) is 5.06 Å². The van der Waals surface area contributed by atoms with E-state index in [2.05, 4.69) is 89.1 Å². The van der Waals surface area contributed by atoms with Crippen molar-refractivity contribution in [1.82, 2.24) is 45.7 Å². The van der Waals surface area contributed by atoms with Crippen LogP contribution in [0.5, 0.6) is 5.75 Å². The van der Waals surface area contributed by atoms with Crippen molar-refractivity contribution in [1.29, 1.82) is 0 Å². The van der Waals surface area contributed by atoms with Crippen molar-refractivity contribution in [2.75, 3.05) is 37.6 Å². The van der Waals surface area contributed by atoms with Crippen molar-refractivity contribution in [3.63, 3.8) is 0 Å². The monoisotopic (exact) mass is 876 g/mol. The van der Waals surface area contributed by atoms with Crippen LogP contribution in [0.15, 0.2) is 77.6 Å². The first-order valence-corrected chi connectivity index (χ1v) is 23.0. The predicted octanol–water partition coefficient (Wildman–Crippen LogP) is 7.22. The Hall–Kier alpha value is -6.45. The molecule has 1 atom stereocenters. The van der Waals surface area contributed by atoms with Gasteiger partial charge in [0.1, 0.15) is 18.0 Å². The molecule has 65 heavy (non-hydrogen) atoms. The Balaban J connectivity index is 0.701. The first-order valence-electron chi connectivity index (χ1n) is 23.0. The quantitative estimate of drug-likeness (QED) is 0.118. The van der Waals surface area contributed by atoms with E-state index in [0.717, 1.165) is 102 Å². The fourth-order valence-electron chi connectivity index (χ4n) is 9.79. The molecule has 15 heteroatoms. The normalized spacial score (nSPS) is 19.1. The number of benzene rings is 3. The summed E-state index contributed by atoms with van der Waals surface area (Å²) in [5.41, 5.74) is 10.1. The summed E-state index contributed by atoms with van der Waals surface area (Å²) in [4.78, 5) is 65.1. The van der Waals surface area contributed by atoms with E-state index in [1.165, 1.54) is 24.1 Å². The molecule has 6 aromatic rings. The van der Waals surface area contributed by atoms with Crippen molar-refractivity contribution in [2.45, 2.75) is 96.7 Å². The highest BCUT2D eigenvalue weighted by molar-refractivity contribution is 6.00. The molecule has 0 bridgehead atoms. The minimum atomic E-state index is -0.444. The van der Waals surface area contributed by atoms with Crippen molar-refractivity contribution in [3.05, 3.63) is 107 Å². The molecule has 3 N–H and O–H groups in total. The number of imide groups is 1. The van der Waals surface area contributed by atoms with Gasteiger partial charge < -0.3 is 29.5 Å². The van der Waals surface area contributed by atoms with Gasteiger partial charge in [-0.1, -0.05) is 62.3 Å². The second-order valence-electron chi connectivity index (χ2n) is 19.2. The molecule has 4 aliphatic rings. The number of hydrogen-bond donors (Lipinski definition) is 3. The Morgan fingerprint density at radius 2 is 1.68 bits per heavy atom. The first-order chi connectivity index (χ1) is 31.4. The average molecular weight is 877 g/mol. The van der Waals surface area contributed by atoms with Crippen LogP contribution in [0.2, 0.25) is 0 Å². The number of carbonyl (C=O) groups excluding carboxylic acids is 3. The van der Waals surface area contributed by atoms with Crippen LogP contribution >= 0.6 is 0 Å². The maximum atomic E-state index is 12.8. The van der Waals surface area contributed by atoms with Gasteiger partial charge in [-0.2, -0.15) is 4.98 Å². The molecule has 3 aromatic carbocycles. The number of nitrogens with zero attached hydrogens (tertiary/aromatic N) is 7. The third-order valence-electron chi connectivity index (χ3n) is 13.7. The Morgan fingerprint density at radius 3 is 2.42 bits per heavy atom. The van der Waals surface area contributed by atoms with Crippen LogP contribution in [0.3, 0.4) is 0 Å². The van der Waals surface area contributed by atoms with Gasteiger partial charge in [-0.25, -0.2) is 9.97 Å². The van der Waals surface area contributed by atoms with E-state index >= 15 is 0 Å². The van der Waals surface area contributed by atoms with Crippen LogP contribution in [-0.4, -0.2) is 91.5 Å². The topological polar surface area (TPSA) is 175 Å². The number of amides is 3. The van der Waals surface area contributed by atoms with Crippen LogP contribution in [0.4, 0.5) is 5.69 Å². The van der Waals surface area contributed by atoms with Crippen molar-refractivity contribution in [3.8, 4) is 28.3 Å². The van der Waals surface area contributed by atoms with Crippen molar-refractivity contribution < 1.29 is 23.7 Å². The molecule has 10 rings (SSSR count). The second-order valence-corrected chi connectivity index (χ2v) is 19.2. The van der Waals surface area contributed by atoms with Crippen LogP contribution in [0.25, 0.3) is 33.5 Å². The average Bonchev–Trinajstić information content (AvgIpc) is 4.08. The largest absolute Gasteiger partial charge is 0.405 e. The zero-order valence-electron chi connectivity index (χ0n) is 37.5. The van der Waals surface area contributed by atoms with Gasteiger partial charge in [0.05, 0.1) is 12.2 Å².